The van der Waals surface area contributed by atoms with Crippen LogP contribution in [0.15, 0.2) is 85.1 Å². The van der Waals surface area contributed by atoms with E-state index < -0.39 is 242 Å². The van der Waals surface area contributed by atoms with E-state index >= 15 is 24.0 Å². The van der Waals surface area contributed by atoms with Crippen molar-refractivity contribution in [1.82, 2.24) is 82.4 Å². The molecule has 50 heteroatoms. The second kappa shape index (κ2) is 44.8. The number of nitrogen functional groups attached to an aromatic ring is 1. The Hall–Kier alpha value is -12.5. The SMILES string of the molecule is CCCCOc1nc(N)c2nc(O)n(Cc3cn(CCOCCOCCOCCNC(=S)N[C@@]4(C)C[C@H](O[C@H]5[C@H](Oc6c7cc8cc6Oc6ccc(cc6Cl)[C@@H](O)[C@@H](NC(=O)[C@@H](CC(C)C)NC)C(=O)N[C@@H](CC(N)=O)C(=O)N[C@H]8C(=O)N[C@H]6C(=O)N[C@H](C(=O)N[C@H](C(=O)O)c8cc(O)cc(O)c8-c8cc6ccc8O)[C@H](O)c6ccc(c(Cl)c6)O7)OC(CO)[C@@H](O)[C@@H]5O)O[C@@H](C)[C@H]4O)nn3)c2n1. The Morgan fingerprint density at radius 2 is 1.38 bits per heavy atom. The number of halogens is 2. The van der Waals surface area contributed by atoms with Crippen molar-refractivity contribution in [1.29, 1.82) is 0 Å². The van der Waals surface area contributed by atoms with Gasteiger partial charge in [0, 0.05) is 35.7 Å². The number of fused-ring (bicyclic) bond motifs is 16. The fraction of sp³-hybridized carbons (Fsp3) is 0.471. The molecule has 0 aliphatic carbocycles. The average molecular weight is 1970 g/mol. The number of carboxylic acid groups (broad SMARTS) is 1. The molecule has 0 radical (unpaired) electrons. The Balaban J connectivity index is 0.787. The molecule has 0 saturated carbocycles. The number of aliphatic hydroxyl groups excluding tert-OH is 6. The number of carbonyl (C=O) groups excluding carboxylic acids is 7. The highest BCUT2D eigenvalue weighted by atomic mass is 35.5. The summed E-state index contributed by atoms with van der Waals surface area (Å²) in [6.45, 7) is 9.91. The molecular formula is C87H106Cl2N18O29S. The van der Waals surface area contributed by atoms with Gasteiger partial charge >= 0.3 is 12.0 Å². The molecular weight excluding hydrogens is 1860 g/mol. The number of nitrogens with one attached hydrogen (secondary N) is 9. The van der Waals surface area contributed by atoms with Crippen molar-refractivity contribution >= 4 is 105 Å². The Morgan fingerprint density at radius 1 is 0.730 bits per heavy atom. The van der Waals surface area contributed by atoms with E-state index in [0.29, 0.717) is 18.8 Å². The number of hydrogen-bond donors (Lipinski definition) is 22. The molecule has 137 heavy (non-hydrogen) atoms. The van der Waals surface area contributed by atoms with Crippen molar-refractivity contribution < 1.29 is 142 Å². The molecule has 738 valence electrons. The molecule has 47 nitrogen and oxygen atoms in total. The number of aromatic nitrogens is 7. The summed E-state index contributed by atoms with van der Waals surface area (Å²) in [7, 11) is 1.47. The number of rotatable bonds is 32. The van der Waals surface area contributed by atoms with Crippen LogP contribution in [0.25, 0.3) is 22.3 Å². The lowest BCUT2D eigenvalue weighted by Gasteiger charge is -2.48. The van der Waals surface area contributed by atoms with Crippen LogP contribution in [0.2, 0.25) is 10.0 Å². The summed E-state index contributed by atoms with van der Waals surface area (Å²) in [4.78, 5) is 131. The van der Waals surface area contributed by atoms with Gasteiger partial charge in [0.1, 0.15) is 101 Å². The molecule has 10 heterocycles. The number of aromatic hydroxyl groups is 4. The predicted molar refractivity (Wildman–Crippen MR) is 482 cm³/mol. The number of primary amides is 1. The van der Waals surface area contributed by atoms with Crippen LogP contribution in [-0.2, 0) is 79.9 Å². The number of aliphatic hydroxyl groups is 6. The minimum Gasteiger partial charge on any atom is -0.508 e. The smallest absolute Gasteiger partial charge is 0.330 e. The molecule has 11 bridgehead atoms. The number of imidazole rings is 1. The first-order chi connectivity index (χ1) is 65.3. The summed E-state index contributed by atoms with van der Waals surface area (Å²) in [6.07, 6.45) is -16.2. The first kappa shape index (κ1) is 102. The third-order valence-electron chi connectivity index (χ3n) is 23.1. The molecule has 7 amide bonds. The van der Waals surface area contributed by atoms with Crippen molar-refractivity contribution in [2.75, 3.05) is 72.2 Å². The second-order valence-electron chi connectivity index (χ2n) is 33.6. The Morgan fingerprint density at radius 3 is 2.03 bits per heavy atom. The van der Waals surface area contributed by atoms with E-state index in [1.54, 1.807) is 17.8 Å². The summed E-state index contributed by atoms with van der Waals surface area (Å²) in [5, 5.41) is 159. The molecule has 18 atom stereocenters. The molecule has 1 unspecified atom stereocenters. The Bertz CT molecular complexity index is 5790. The third kappa shape index (κ3) is 24.0. The van der Waals surface area contributed by atoms with Gasteiger partial charge in [-0.3, -0.25) is 38.1 Å². The number of aliphatic carboxylic acids is 1. The fourth-order valence-corrected chi connectivity index (χ4v) is 16.8. The number of carbonyl (C=O) groups is 8. The van der Waals surface area contributed by atoms with Gasteiger partial charge in [0.15, 0.2) is 52.0 Å². The van der Waals surface area contributed by atoms with Gasteiger partial charge in [-0.15, -0.1) is 5.10 Å². The van der Waals surface area contributed by atoms with E-state index in [-0.39, 0.29) is 128 Å². The van der Waals surface area contributed by atoms with Crippen LogP contribution >= 0.6 is 35.4 Å². The first-order valence-corrected chi connectivity index (χ1v) is 44.7. The van der Waals surface area contributed by atoms with Gasteiger partial charge in [-0.25, -0.2) is 9.48 Å². The predicted octanol–water partition coefficient (Wildman–Crippen LogP) is 0.608. The van der Waals surface area contributed by atoms with Gasteiger partial charge in [-0.2, -0.15) is 15.0 Å². The second-order valence-corrected chi connectivity index (χ2v) is 34.8. The van der Waals surface area contributed by atoms with Gasteiger partial charge in [0.05, 0.1) is 106 Å². The van der Waals surface area contributed by atoms with Crippen LogP contribution < -0.4 is 78.3 Å². The summed E-state index contributed by atoms with van der Waals surface area (Å²) < 4.78 is 65.3. The van der Waals surface area contributed by atoms with Gasteiger partial charge in [-0.1, -0.05) is 73.8 Å². The quantitative estimate of drug-likeness (QED) is 0.0203. The number of anilines is 1. The van der Waals surface area contributed by atoms with E-state index in [1.807, 2.05) is 20.8 Å². The molecule has 7 aliphatic rings. The van der Waals surface area contributed by atoms with Gasteiger partial charge in [-0.05, 0) is 129 Å². The largest absolute Gasteiger partial charge is 0.508 e. The van der Waals surface area contributed by atoms with Crippen molar-refractivity contribution in [3.05, 3.63) is 129 Å². The Kier molecular flexibility index (Phi) is 33.3. The number of phenols is 3. The molecule has 24 N–H and O–H groups in total. The summed E-state index contributed by atoms with van der Waals surface area (Å²) in [5.41, 5.74) is 8.42. The van der Waals surface area contributed by atoms with E-state index in [2.05, 4.69) is 73.1 Å². The van der Waals surface area contributed by atoms with Gasteiger partial charge < -0.3 is 163 Å². The summed E-state index contributed by atoms with van der Waals surface area (Å²) in [6, 6.07) is -1.31. The van der Waals surface area contributed by atoms with Gasteiger partial charge in [0.25, 0.3) is 6.01 Å². The molecule has 7 aliphatic heterocycles. The number of nitrogens with zero attached hydrogens (tertiary/aromatic N) is 7. The molecule has 15 rings (SSSR count). The van der Waals surface area contributed by atoms with Crippen LogP contribution in [0.3, 0.4) is 0 Å². The van der Waals surface area contributed by atoms with Crippen LogP contribution in [0.1, 0.15) is 131 Å². The maximum atomic E-state index is 16.3. The number of carboxylic acids is 1. The minimum atomic E-state index is -2.39. The fourth-order valence-electron chi connectivity index (χ4n) is 16.0. The standard InChI is InChI=1S/C87H106Cl2N18O29S/c1-7-8-17-130-84-101-74(91)66-75(102-84)107(86(126)100-66)35-43-34-106(105-104-43)16-19-128-21-23-129-22-20-127-18-15-93-85(137)103-87(5)33-59(131-38(4)73(87)117)135-72-70(116)69(115)57(36-108)134-83(72)136-71-55-28-42-29-56(71)133-54-14-11-41(27-48(54)89)68(114)65-81(123)97-63(82(124)125)46-30-44(109)31-52(111)60(46)45-25-39(9-12-51(45)110)61(78(120)99-65)96-79(121)62(42)95-77(119)50(32-58(90)112)94-80(122)64(98-76(118)49(92-6)24-37(2)3)67(113)40-10-13-53(132-55)47(88)26-40/h9-14,25-31,34,37-38,49-50,57,59,61-65,67-70,72-73,83,92,108-111,113-117H,7-8,15-24,32-33,35-36H2,1-6H3,(H2,90,112)(H,94,122)(H,95,119)(H,96,121)(H,97,123)(H,98,118)(H,99,120)(H,100,126)(H,124,125)(H2,91,101,102)(H2,93,103,137)/t38-,49+,50-,57?,59-,61+,62+,63-,64+,65-,67+,68+,69+,70-,72+,73+,83-,87-/m0/s1. The zero-order valence-corrected chi connectivity index (χ0v) is 76.8. The number of thiocarbonyl (C=S) groups is 1. The molecule has 0 spiro atoms. The lowest BCUT2D eigenvalue weighted by molar-refractivity contribution is -0.334. The zero-order valence-electron chi connectivity index (χ0n) is 74.5. The van der Waals surface area contributed by atoms with E-state index in [0.717, 1.165) is 79.6 Å². The third-order valence-corrected chi connectivity index (χ3v) is 23.9. The molecule has 2 saturated heterocycles. The topological polar surface area (TPSA) is 686 Å². The maximum Gasteiger partial charge on any atom is 0.330 e. The molecule has 8 aromatic rings. The van der Waals surface area contributed by atoms with E-state index in [4.69, 9.17) is 94.3 Å². The van der Waals surface area contributed by atoms with Crippen molar-refractivity contribution in [2.24, 2.45) is 11.7 Å². The highest BCUT2D eigenvalue weighted by Gasteiger charge is 2.53. The maximum absolute atomic E-state index is 16.3. The monoisotopic (exact) mass is 1970 g/mol. The van der Waals surface area contributed by atoms with E-state index in [9.17, 15) is 70.6 Å². The van der Waals surface area contributed by atoms with Crippen LogP contribution in [-0.4, -0.2) is 288 Å². The van der Waals surface area contributed by atoms with Crippen molar-refractivity contribution in [3.8, 4) is 69.1 Å². The number of benzene rings is 5. The number of hydrogen-bond acceptors (Lipinski definition) is 36. The summed E-state index contributed by atoms with van der Waals surface area (Å²) in [5.74, 6) is -16.4. The average Bonchev–Trinajstić information content (AvgIpc) is 1.02. The number of amides is 7. The Labute approximate surface area is 795 Å². The number of likely N-dealkylation sites (N-methyl/N-ethyl adjacent to an activating group) is 1. The molecule has 5 aromatic carbocycles. The highest BCUT2D eigenvalue weighted by molar-refractivity contribution is 7.80. The summed E-state index contributed by atoms with van der Waals surface area (Å²) >= 11 is 20.1. The van der Waals surface area contributed by atoms with Crippen LogP contribution in [0.4, 0.5) is 5.82 Å². The van der Waals surface area contributed by atoms with Crippen LogP contribution in [0.5, 0.6) is 58.0 Å². The lowest BCUT2D eigenvalue weighted by atomic mass is 9.85. The number of phenolic OH excluding ortho intramolecular Hbond substituents is 3. The van der Waals surface area contributed by atoms with Crippen LogP contribution in [0, 0.1) is 5.92 Å². The minimum absolute atomic E-state index is 0.0307. The van der Waals surface area contributed by atoms with E-state index in [1.165, 1.54) is 30.7 Å². The zero-order chi connectivity index (χ0) is 98.7. The normalized spacial score (nSPS) is 24.8. The number of ether oxygens (including phenoxy) is 10. The highest BCUT2D eigenvalue weighted by Crippen LogP contribution is 2.50. The lowest BCUT2D eigenvalue weighted by Crippen LogP contribution is -2.67. The van der Waals surface area contributed by atoms with Crippen molar-refractivity contribution in [2.45, 2.75) is 189 Å². The molecule has 3 aromatic heterocycles. The van der Waals surface area contributed by atoms with Crippen molar-refractivity contribution in [3.63, 3.8) is 0 Å². The van der Waals surface area contributed by atoms with Gasteiger partial charge in [0.2, 0.25) is 53.4 Å². The number of nitrogens with two attached hydrogens (primary N) is 2. The first-order valence-electron chi connectivity index (χ1n) is 43.5. The number of unbranched alkanes of at least 4 members (excludes halogenated alkanes) is 1. The molecule has 2 fully saturated rings.